The quantitative estimate of drug-likeness (QED) is 0.448. The third-order valence-electron chi connectivity index (χ3n) is 6.17. The summed E-state index contributed by atoms with van der Waals surface area (Å²) >= 11 is 0. The van der Waals surface area contributed by atoms with Crippen LogP contribution in [0.25, 0.3) is 22.2 Å². The summed E-state index contributed by atoms with van der Waals surface area (Å²) in [6.07, 6.45) is 4.62. The van der Waals surface area contributed by atoms with Crippen LogP contribution in [0.2, 0.25) is 0 Å². The lowest BCUT2D eigenvalue weighted by Gasteiger charge is -2.29. The monoisotopic (exact) mass is 471 g/mol. The molecule has 0 radical (unpaired) electrons. The summed E-state index contributed by atoms with van der Waals surface area (Å²) in [6, 6.07) is 4.32. The van der Waals surface area contributed by atoms with Crippen LogP contribution in [0.1, 0.15) is 37.3 Å². The number of nitrogens with zero attached hydrogens (tertiary/aromatic N) is 6. The zero-order valence-electron chi connectivity index (χ0n) is 18.8. The van der Waals surface area contributed by atoms with E-state index in [1.165, 1.54) is 12.3 Å². The van der Waals surface area contributed by atoms with Crippen molar-refractivity contribution in [3.05, 3.63) is 48.5 Å². The number of hydrogen-bond acceptors (Lipinski definition) is 6. The maximum atomic E-state index is 13.3. The van der Waals surface area contributed by atoms with Crippen LogP contribution < -0.4 is 10.1 Å². The minimum atomic E-state index is -4.50. The third kappa shape index (κ3) is 4.17. The molecular weight excluding hydrogens is 447 g/mol. The van der Waals surface area contributed by atoms with Gasteiger partial charge in [0.05, 0.1) is 17.8 Å². The maximum absolute atomic E-state index is 13.3. The van der Waals surface area contributed by atoms with Crippen molar-refractivity contribution in [1.29, 1.82) is 0 Å². The van der Waals surface area contributed by atoms with Crippen molar-refractivity contribution in [3.63, 3.8) is 0 Å². The molecule has 1 N–H and O–H groups in total. The second kappa shape index (κ2) is 8.62. The number of nitrogens with one attached hydrogen (secondary N) is 1. The van der Waals surface area contributed by atoms with Gasteiger partial charge >= 0.3 is 6.18 Å². The number of rotatable bonds is 5. The van der Waals surface area contributed by atoms with Gasteiger partial charge in [-0.3, -0.25) is 9.36 Å². The molecule has 0 aliphatic heterocycles. The second-order valence-corrected chi connectivity index (χ2v) is 8.43. The first-order valence-corrected chi connectivity index (χ1v) is 11.1. The molecule has 1 saturated carbocycles. The average molecular weight is 471 g/mol. The van der Waals surface area contributed by atoms with Crippen LogP contribution in [-0.2, 0) is 13.2 Å². The minimum absolute atomic E-state index is 0.0886. The van der Waals surface area contributed by atoms with Crippen LogP contribution in [0.15, 0.2) is 43.0 Å². The molecule has 0 amide bonds. The summed E-state index contributed by atoms with van der Waals surface area (Å²) in [5.41, 5.74) is 1.81. The highest BCUT2D eigenvalue weighted by molar-refractivity contribution is 5.93. The summed E-state index contributed by atoms with van der Waals surface area (Å²) in [6.45, 7) is 0. The fourth-order valence-corrected chi connectivity index (χ4v) is 4.47. The Hall–Kier alpha value is -3.63. The SMILES string of the molecule is CNc1cc2c(cn1)c(-c1cnn(C)c1)nn2C1CCC(Oc2ncccc2C(F)(F)F)CC1. The molecule has 8 nitrogen and oxygen atoms in total. The van der Waals surface area contributed by atoms with Crippen molar-refractivity contribution in [2.45, 2.75) is 44.0 Å². The molecule has 0 atom stereocenters. The molecule has 34 heavy (non-hydrogen) atoms. The van der Waals surface area contributed by atoms with Gasteiger partial charge in [0.15, 0.2) is 0 Å². The largest absolute Gasteiger partial charge is 0.474 e. The van der Waals surface area contributed by atoms with Crippen LogP contribution in [0.5, 0.6) is 5.88 Å². The van der Waals surface area contributed by atoms with Crippen molar-refractivity contribution < 1.29 is 17.9 Å². The third-order valence-corrected chi connectivity index (χ3v) is 6.17. The topological polar surface area (TPSA) is 82.7 Å². The Bertz CT molecular complexity index is 1310. The molecule has 4 aromatic heterocycles. The Labute approximate surface area is 193 Å². The van der Waals surface area contributed by atoms with Crippen molar-refractivity contribution in [3.8, 4) is 17.1 Å². The van der Waals surface area contributed by atoms with Gasteiger partial charge in [-0.05, 0) is 37.8 Å². The lowest BCUT2D eigenvalue weighted by molar-refractivity contribution is -0.139. The zero-order chi connectivity index (χ0) is 23.9. The summed E-state index contributed by atoms with van der Waals surface area (Å²) in [5, 5.41) is 13.2. The molecule has 1 fully saturated rings. The molecule has 11 heteroatoms. The van der Waals surface area contributed by atoms with Crippen molar-refractivity contribution in [2.24, 2.45) is 7.05 Å². The summed E-state index contributed by atoms with van der Waals surface area (Å²) in [4.78, 5) is 8.29. The smallest absolute Gasteiger partial charge is 0.421 e. The van der Waals surface area contributed by atoms with E-state index in [4.69, 9.17) is 9.84 Å². The van der Waals surface area contributed by atoms with E-state index < -0.39 is 11.7 Å². The van der Waals surface area contributed by atoms with Crippen LogP contribution in [0, 0.1) is 0 Å². The van der Waals surface area contributed by atoms with Gasteiger partial charge in [-0.15, -0.1) is 0 Å². The van der Waals surface area contributed by atoms with Crippen LogP contribution >= 0.6 is 0 Å². The van der Waals surface area contributed by atoms with E-state index in [0.29, 0.717) is 12.8 Å². The predicted octanol–water partition coefficient (Wildman–Crippen LogP) is 4.85. The number of hydrogen-bond donors (Lipinski definition) is 1. The Morgan fingerprint density at radius 3 is 2.59 bits per heavy atom. The number of alkyl halides is 3. The molecule has 4 aromatic rings. The van der Waals surface area contributed by atoms with Crippen LogP contribution in [0.3, 0.4) is 0 Å². The Morgan fingerprint density at radius 2 is 1.91 bits per heavy atom. The summed E-state index contributed by atoms with van der Waals surface area (Å²) in [7, 11) is 3.67. The molecule has 1 aliphatic carbocycles. The average Bonchev–Trinajstić information content (AvgIpc) is 3.42. The van der Waals surface area contributed by atoms with Gasteiger partial charge in [0.2, 0.25) is 5.88 Å². The Morgan fingerprint density at radius 1 is 1.12 bits per heavy atom. The van der Waals surface area contributed by atoms with Gasteiger partial charge in [0.1, 0.15) is 23.2 Å². The molecule has 0 unspecified atom stereocenters. The number of pyridine rings is 2. The number of fused-ring (bicyclic) bond motifs is 1. The van der Waals surface area contributed by atoms with Gasteiger partial charge in [-0.1, -0.05) is 0 Å². The molecule has 0 bridgehead atoms. The number of aryl methyl sites for hydroxylation is 1. The highest BCUT2D eigenvalue weighted by Crippen LogP contribution is 2.39. The van der Waals surface area contributed by atoms with E-state index in [-0.39, 0.29) is 18.0 Å². The molecule has 5 rings (SSSR count). The van der Waals surface area contributed by atoms with Gasteiger partial charge in [0.25, 0.3) is 0 Å². The highest BCUT2D eigenvalue weighted by atomic mass is 19.4. The Kier molecular flexibility index (Phi) is 5.62. The van der Waals surface area contributed by atoms with Crippen molar-refractivity contribution >= 4 is 16.7 Å². The van der Waals surface area contributed by atoms with E-state index in [0.717, 1.165) is 46.9 Å². The normalized spacial score (nSPS) is 18.9. The predicted molar refractivity (Wildman–Crippen MR) is 120 cm³/mol. The van der Waals surface area contributed by atoms with Crippen LogP contribution in [0.4, 0.5) is 19.0 Å². The van der Waals surface area contributed by atoms with Crippen molar-refractivity contribution in [2.75, 3.05) is 12.4 Å². The molecule has 4 heterocycles. The molecule has 1 aliphatic rings. The standard InChI is InChI=1S/C23H24F3N7O/c1-27-20-10-19-17(12-29-20)21(14-11-30-32(2)13-14)31-33(19)15-5-7-16(8-6-15)34-22-18(23(24,25)26)4-3-9-28-22/h3-4,9-13,15-16H,5-8H2,1-2H3,(H,27,29). The minimum Gasteiger partial charge on any atom is -0.474 e. The number of halogens is 3. The van der Waals surface area contributed by atoms with Crippen molar-refractivity contribution in [1.82, 2.24) is 29.5 Å². The first kappa shape index (κ1) is 22.2. The first-order valence-electron chi connectivity index (χ1n) is 11.1. The number of aromatic nitrogens is 6. The summed E-state index contributed by atoms with van der Waals surface area (Å²) in [5.74, 6) is 0.379. The maximum Gasteiger partial charge on any atom is 0.421 e. The fourth-order valence-electron chi connectivity index (χ4n) is 4.47. The molecule has 0 saturated heterocycles. The Balaban J connectivity index is 1.39. The lowest BCUT2D eigenvalue weighted by Crippen LogP contribution is -2.27. The van der Waals surface area contributed by atoms with E-state index in [1.807, 2.05) is 37.2 Å². The lowest BCUT2D eigenvalue weighted by atomic mass is 9.93. The van der Waals surface area contributed by atoms with Gasteiger partial charge in [0, 0.05) is 49.7 Å². The number of ether oxygens (including phenoxy) is 1. The molecule has 0 spiro atoms. The first-order chi connectivity index (χ1) is 16.3. The van der Waals surface area contributed by atoms with Crippen LogP contribution in [-0.4, -0.2) is 42.7 Å². The summed E-state index contributed by atoms with van der Waals surface area (Å²) < 4.78 is 49.3. The fraction of sp³-hybridized carbons (Fsp3) is 0.391. The highest BCUT2D eigenvalue weighted by Gasteiger charge is 2.36. The van der Waals surface area contributed by atoms with Gasteiger partial charge in [-0.25, -0.2) is 9.97 Å². The number of anilines is 1. The van der Waals surface area contributed by atoms with E-state index in [1.54, 1.807) is 10.9 Å². The van der Waals surface area contributed by atoms with E-state index >= 15 is 0 Å². The second-order valence-electron chi connectivity index (χ2n) is 8.43. The van der Waals surface area contributed by atoms with Gasteiger partial charge < -0.3 is 10.1 Å². The van der Waals surface area contributed by atoms with E-state index in [9.17, 15) is 13.2 Å². The molecular formula is C23H24F3N7O. The zero-order valence-corrected chi connectivity index (χ0v) is 18.8. The van der Waals surface area contributed by atoms with Gasteiger partial charge in [-0.2, -0.15) is 23.4 Å². The molecule has 178 valence electrons. The van der Waals surface area contributed by atoms with E-state index in [2.05, 4.69) is 20.4 Å². The molecule has 0 aromatic carbocycles.